The van der Waals surface area contributed by atoms with Gasteiger partial charge in [0.05, 0.1) is 40.2 Å². The van der Waals surface area contributed by atoms with Crippen LogP contribution in [0.5, 0.6) is 0 Å². The number of aromatic nitrogens is 2. The van der Waals surface area contributed by atoms with E-state index in [0.717, 1.165) is 48.5 Å². The second kappa shape index (κ2) is 9.47. The van der Waals surface area contributed by atoms with E-state index in [1.165, 1.54) is 0 Å². The van der Waals surface area contributed by atoms with E-state index in [1.54, 1.807) is 28.2 Å². The first-order valence-corrected chi connectivity index (χ1v) is 13.7. The molecule has 7 nitrogen and oxygen atoms in total. The van der Waals surface area contributed by atoms with Crippen LogP contribution in [0.15, 0.2) is 52.5 Å². The number of nitrogens with zero attached hydrogens (tertiary/aromatic N) is 4. The molecule has 172 valence electrons. The van der Waals surface area contributed by atoms with E-state index in [0.29, 0.717) is 41.4 Å². The normalized spacial score (nSPS) is 19.3. The van der Waals surface area contributed by atoms with E-state index < -0.39 is 10.0 Å². The predicted molar refractivity (Wildman–Crippen MR) is 127 cm³/mol. The number of ether oxygens (including phenoxy) is 1. The van der Waals surface area contributed by atoms with Gasteiger partial charge in [0.25, 0.3) is 0 Å². The Balaban J connectivity index is 1.50. The molecular weight excluding hydrogens is 456 g/mol. The molecule has 2 aliphatic heterocycles. The van der Waals surface area contributed by atoms with E-state index in [9.17, 15) is 13.7 Å². The van der Waals surface area contributed by atoms with Gasteiger partial charge in [-0.1, -0.05) is 30.0 Å². The minimum atomic E-state index is -3.50. The van der Waals surface area contributed by atoms with Crippen molar-refractivity contribution in [3.63, 3.8) is 0 Å². The van der Waals surface area contributed by atoms with Gasteiger partial charge in [-0.2, -0.15) is 9.57 Å². The summed E-state index contributed by atoms with van der Waals surface area (Å²) < 4.78 is 35.7. The zero-order valence-corrected chi connectivity index (χ0v) is 19.9. The van der Waals surface area contributed by atoms with Crippen LogP contribution in [0, 0.1) is 11.3 Å². The summed E-state index contributed by atoms with van der Waals surface area (Å²) in [6.45, 7) is 2.60. The monoisotopic (exact) mass is 482 g/mol. The van der Waals surface area contributed by atoms with Crippen molar-refractivity contribution < 1.29 is 13.2 Å². The summed E-state index contributed by atoms with van der Waals surface area (Å²) >= 11 is 1.56. The Morgan fingerprint density at radius 2 is 1.97 bits per heavy atom. The highest BCUT2D eigenvalue weighted by Gasteiger charge is 2.28. The first kappa shape index (κ1) is 22.4. The van der Waals surface area contributed by atoms with Crippen molar-refractivity contribution in [3.8, 4) is 6.07 Å². The second-order valence-corrected chi connectivity index (χ2v) is 11.3. The molecule has 0 bridgehead atoms. The van der Waals surface area contributed by atoms with Crippen molar-refractivity contribution >= 4 is 32.8 Å². The zero-order chi connectivity index (χ0) is 22.8. The Bertz CT molecular complexity index is 1300. The smallest absolute Gasteiger partial charge is 0.243 e. The number of hydrogen-bond acceptors (Lipinski definition) is 6. The van der Waals surface area contributed by atoms with Crippen LogP contribution in [0.25, 0.3) is 11.0 Å². The van der Waals surface area contributed by atoms with Crippen molar-refractivity contribution in [1.82, 2.24) is 13.9 Å². The largest absolute Gasteiger partial charge is 0.376 e. The van der Waals surface area contributed by atoms with E-state index in [2.05, 4.69) is 10.6 Å². The third-order valence-corrected chi connectivity index (χ3v) is 9.21. The molecule has 2 aliphatic rings. The molecule has 1 aromatic heterocycles. The van der Waals surface area contributed by atoms with Crippen molar-refractivity contribution in [1.29, 1.82) is 5.26 Å². The van der Waals surface area contributed by atoms with Crippen LogP contribution in [0.2, 0.25) is 0 Å². The lowest BCUT2D eigenvalue weighted by Crippen LogP contribution is -2.27. The van der Waals surface area contributed by atoms with E-state index in [1.807, 2.05) is 30.3 Å². The highest BCUT2D eigenvalue weighted by atomic mass is 32.2. The van der Waals surface area contributed by atoms with Gasteiger partial charge >= 0.3 is 0 Å². The maximum atomic E-state index is 13.1. The lowest BCUT2D eigenvalue weighted by Gasteiger charge is -2.16. The van der Waals surface area contributed by atoms with Gasteiger partial charge < -0.3 is 9.30 Å². The lowest BCUT2D eigenvalue weighted by atomic mass is 10.1. The highest BCUT2D eigenvalue weighted by molar-refractivity contribution is 7.98. The van der Waals surface area contributed by atoms with Gasteiger partial charge in [-0.05, 0) is 55.5 Å². The molecule has 2 aromatic carbocycles. The average Bonchev–Trinajstić information content (AvgIpc) is 3.60. The third kappa shape index (κ3) is 4.53. The van der Waals surface area contributed by atoms with Crippen molar-refractivity contribution in [2.75, 3.05) is 19.7 Å². The molecule has 9 heteroatoms. The van der Waals surface area contributed by atoms with Gasteiger partial charge in [0.1, 0.15) is 0 Å². The Labute approximate surface area is 198 Å². The SMILES string of the molecule is N#Cc1ccccc1CSc1nc2cc(S(=O)(=O)N3CCCC3)ccc2n1C[C@@H]1CCCO1. The zero-order valence-electron chi connectivity index (χ0n) is 18.3. The maximum absolute atomic E-state index is 13.1. The molecule has 1 atom stereocenters. The summed E-state index contributed by atoms with van der Waals surface area (Å²) in [6, 6.07) is 15.1. The Kier molecular flexibility index (Phi) is 6.43. The minimum absolute atomic E-state index is 0.126. The molecule has 0 radical (unpaired) electrons. The second-order valence-electron chi connectivity index (χ2n) is 8.46. The molecule has 0 amide bonds. The number of hydrogen-bond donors (Lipinski definition) is 0. The maximum Gasteiger partial charge on any atom is 0.243 e. The van der Waals surface area contributed by atoms with E-state index in [4.69, 9.17) is 9.72 Å². The number of nitriles is 1. The number of imidazole rings is 1. The number of sulfonamides is 1. The standard InChI is InChI=1S/C24H26N4O3S2/c25-15-18-6-1-2-7-19(18)17-32-24-26-22-14-21(33(29,30)27-11-3-4-12-27)9-10-23(22)28(24)16-20-8-5-13-31-20/h1-2,6-7,9-10,14,20H,3-5,8,11-13,16-17H2/t20-/m0/s1. The fraction of sp³-hybridized carbons (Fsp3) is 0.417. The average molecular weight is 483 g/mol. The molecule has 3 aromatic rings. The Morgan fingerprint density at radius 3 is 2.73 bits per heavy atom. The van der Waals surface area contributed by atoms with Gasteiger partial charge in [-0.25, -0.2) is 13.4 Å². The topological polar surface area (TPSA) is 88.2 Å². The van der Waals surface area contributed by atoms with Crippen LogP contribution in [0.1, 0.15) is 36.8 Å². The molecule has 0 spiro atoms. The number of fused-ring (bicyclic) bond motifs is 1. The molecule has 0 aliphatic carbocycles. The summed E-state index contributed by atoms with van der Waals surface area (Å²) in [5, 5.41) is 10.2. The van der Waals surface area contributed by atoms with Gasteiger partial charge in [0.15, 0.2) is 5.16 Å². The van der Waals surface area contributed by atoms with Crippen LogP contribution < -0.4 is 0 Å². The number of rotatable bonds is 7. The summed E-state index contributed by atoms with van der Waals surface area (Å²) in [4.78, 5) is 5.13. The third-order valence-electron chi connectivity index (χ3n) is 6.29. The molecule has 3 heterocycles. The summed E-state index contributed by atoms with van der Waals surface area (Å²) in [5.41, 5.74) is 3.19. The first-order chi connectivity index (χ1) is 16.1. The predicted octanol–water partition coefficient (Wildman–Crippen LogP) is 4.16. The lowest BCUT2D eigenvalue weighted by molar-refractivity contribution is 0.0960. The van der Waals surface area contributed by atoms with Crippen LogP contribution in [-0.2, 0) is 27.1 Å². The van der Waals surface area contributed by atoms with Crippen molar-refractivity contribution in [3.05, 3.63) is 53.6 Å². The number of benzene rings is 2. The van der Waals surface area contributed by atoms with Crippen LogP contribution in [0.3, 0.4) is 0 Å². The Morgan fingerprint density at radius 1 is 1.15 bits per heavy atom. The fourth-order valence-electron chi connectivity index (χ4n) is 4.50. The highest BCUT2D eigenvalue weighted by Crippen LogP contribution is 2.31. The molecule has 0 saturated carbocycles. The number of thioether (sulfide) groups is 1. The van der Waals surface area contributed by atoms with Crippen LogP contribution in [0.4, 0.5) is 0 Å². The molecule has 5 rings (SSSR count). The van der Waals surface area contributed by atoms with Gasteiger partial charge in [0.2, 0.25) is 10.0 Å². The summed E-state index contributed by atoms with van der Waals surface area (Å²) in [5.74, 6) is 0.609. The summed E-state index contributed by atoms with van der Waals surface area (Å²) in [7, 11) is -3.50. The van der Waals surface area contributed by atoms with Crippen molar-refractivity contribution in [2.24, 2.45) is 0 Å². The van der Waals surface area contributed by atoms with Gasteiger partial charge in [-0.3, -0.25) is 0 Å². The van der Waals surface area contributed by atoms with Gasteiger partial charge in [0, 0.05) is 25.4 Å². The van der Waals surface area contributed by atoms with E-state index in [-0.39, 0.29) is 6.10 Å². The quantitative estimate of drug-likeness (QED) is 0.470. The van der Waals surface area contributed by atoms with Crippen LogP contribution >= 0.6 is 11.8 Å². The fourth-order valence-corrected chi connectivity index (χ4v) is 7.07. The molecular formula is C24H26N4O3S2. The van der Waals surface area contributed by atoms with E-state index >= 15 is 0 Å². The van der Waals surface area contributed by atoms with Crippen molar-refractivity contribution in [2.45, 2.75) is 54.1 Å². The first-order valence-electron chi connectivity index (χ1n) is 11.3. The minimum Gasteiger partial charge on any atom is -0.376 e. The molecule has 2 fully saturated rings. The van der Waals surface area contributed by atoms with Crippen LogP contribution in [-0.4, -0.2) is 48.1 Å². The molecule has 2 saturated heterocycles. The molecule has 33 heavy (non-hydrogen) atoms. The Hall–Kier alpha value is -2.38. The summed E-state index contributed by atoms with van der Waals surface area (Å²) in [6.07, 6.45) is 3.99. The molecule has 0 unspecified atom stereocenters. The molecule has 0 N–H and O–H groups in total. The van der Waals surface area contributed by atoms with Gasteiger partial charge in [-0.15, -0.1) is 0 Å².